The summed E-state index contributed by atoms with van der Waals surface area (Å²) in [4.78, 5) is 24.1. The highest BCUT2D eigenvalue weighted by Gasteiger charge is 2.41. The van der Waals surface area contributed by atoms with Crippen LogP contribution >= 0.6 is 11.8 Å². The number of hydrogen-bond donors (Lipinski definition) is 2. The first-order valence-corrected chi connectivity index (χ1v) is 8.95. The molecular weight excluding hydrogens is 326 g/mol. The topological polar surface area (TPSA) is 84.2 Å². The second kappa shape index (κ2) is 7.09. The number of carbonyl (C=O) groups is 2. The van der Waals surface area contributed by atoms with Crippen LogP contribution in [0.3, 0.4) is 0 Å². The van der Waals surface area contributed by atoms with E-state index in [9.17, 15) is 14.7 Å². The van der Waals surface area contributed by atoms with Crippen molar-refractivity contribution in [1.82, 2.24) is 15.1 Å². The van der Waals surface area contributed by atoms with Crippen LogP contribution in [0.5, 0.6) is 0 Å². The maximum Gasteiger partial charge on any atom is 0.329 e. The highest BCUT2D eigenvalue weighted by Crippen LogP contribution is 2.27. The zero-order valence-electron chi connectivity index (χ0n) is 13.1. The van der Waals surface area contributed by atoms with Gasteiger partial charge in [-0.25, -0.2) is 4.79 Å². The molecule has 0 radical (unpaired) electrons. The summed E-state index contributed by atoms with van der Waals surface area (Å²) in [7, 11) is 0. The molecule has 1 saturated heterocycles. The van der Waals surface area contributed by atoms with Crippen molar-refractivity contribution in [3.63, 3.8) is 0 Å². The fourth-order valence-electron chi connectivity index (χ4n) is 2.74. The van der Waals surface area contributed by atoms with Crippen LogP contribution in [0.25, 0.3) is 0 Å². The molecular formula is C17H19N3O3S. The number of rotatable bonds is 5. The van der Waals surface area contributed by atoms with Gasteiger partial charge in [0, 0.05) is 6.20 Å². The maximum absolute atomic E-state index is 12.5. The van der Waals surface area contributed by atoms with Gasteiger partial charge in [-0.3, -0.25) is 9.48 Å². The molecule has 6 nitrogen and oxygen atoms in total. The molecule has 2 aromatic rings. The molecule has 24 heavy (non-hydrogen) atoms. The fraction of sp³-hybridized carbons (Fsp3) is 0.353. The van der Waals surface area contributed by atoms with E-state index in [-0.39, 0.29) is 5.91 Å². The first-order chi connectivity index (χ1) is 11.6. The van der Waals surface area contributed by atoms with E-state index < -0.39 is 11.5 Å². The number of thioether (sulfide) groups is 1. The summed E-state index contributed by atoms with van der Waals surface area (Å²) in [6.07, 6.45) is 4.01. The van der Waals surface area contributed by atoms with Crippen LogP contribution in [0.2, 0.25) is 0 Å². The number of benzene rings is 1. The minimum atomic E-state index is -1.16. The fourth-order valence-corrected chi connectivity index (χ4v) is 3.93. The molecule has 1 aliphatic rings. The van der Waals surface area contributed by atoms with Crippen molar-refractivity contribution in [2.24, 2.45) is 0 Å². The van der Waals surface area contributed by atoms with Crippen LogP contribution in [0.15, 0.2) is 42.7 Å². The molecule has 2 heterocycles. The number of aromatic nitrogens is 2. The Bertz CT molecular complexity index is 724. The molecule has 0 atom stereocenters. The lowest BCUT2D eigenvalue weighted by atomic mass is 9.92. The lowest BCUT2D eigenvalue weighted by molar-refractivity contribution is -0.144. The van der Waals surface area contributed by atoms with Crippen molar-refractivity contribution < 1.29 is 14.7 Å². The average molecular weight is 345 g/mol. The Morgan fingerprint density at radius 3 is 2.62 bits per heavy atom. The molecule has 1 aromatic carbocycles. The number of hydrogen-bond acceptors (Lipinski definition) is 4. The average Bonchev–Trinajstić information content (AvgIpc) is 3.05. The van der Waals surface area contributed by atoms with Crippen LogP contribution in [0, 0.1) is 0 Å². The molecule has 1 aromatic heterocycles. The Morgan fingerprint density at radius 1 is 1.25 bits per heavy atom. The third-order valence-corrected chi connectivity index (χ3v) is 5.18. The number of nitrogens with one attached hydrogen (secondary N) is 1. The predicted molar refractivity (Wildman–Crippen MR) is 92.2 cm³/mol. The number of nitrogens with zero attached hydrogens (tertiary/aromatic N) is 2. The van der Waals surface area contributed by atoms with Crippen LogP contribution in [-0.2, 0) is 11.3 Å². The summed E-state index contributed by atoms with van der Waals surface area (Å²) in [5, 5.41) is 16.5. The second-order valence-corrected chi connectivity index (χ2v) is 7.09. The monoisotopic (exact) mass is 345 g/mol. The second-order valence-electron chi connectivity index (χ2n) is 5.87. The molecule has 2 N–H and O–H groups in total. The van der Waals surface area contributed by atoms with Gasteiger partial charge in [-0.2, -0.15) is 16.9 Å². The van der Waals surface area contributed by atoms with Crippen molar-refractivity contribution in [2.45, 2.75) is 24.9 Å². The number of aliphatic carboxylic acids is 1. The Morgan fingerprint density at radius 2 is 1.96 bits per heavy atom. The molecule has 0 aliphatic carbocycles. The molecule has 3 rings (SSSR count). The van der Waals surface area contributed by atoms with E-state index >= 15 is 0 Å². The van der Waals surface area contributed by atoms with E-state index in [2.05, 4.69) is 10.4 Å². The van der Waals surface area contributed by atoms with E-state index in [4.69, 9.17) is 0 Å². The minimum Gasteiger partial charge on any atom is -0.480 e. The maximum atomic E-state index is 12.5. The Balaban J connectivity index is 1.70. The predicted octanol–water partition coefficient (Wildman–Crippen LogP) is 2.01. The molecule has 0 bridgehead atoms. The van der Waals surface area contributed by atoms with Crippen molar-refractivity contribution >= 4 is 23.6 Å². The summed E-state index contributed by atoms with van der Waals surface area (Å²) in [5.74, 6) is 0.121. The quantitative estimate of drug-likeness (QED) is 0.866. The largest absolute Gasteiger partial charge is 0.480 e. The van der Waals surface area contributed by atoms with E-state index in [1.165, 1.54) is 6.20 Å². The number of carboxylic acids is 1. The van der Waals surface area contributed by atoms with E-state index in [0.29, 0.717) is 24.9 Å². The van der Waals surface area contributed by atoms with Crippen LogP contribution in [-0.4, -0.2) is 43.8 Å². The summed E-state index contributed by atoms with van der Waals surface area (Å²) < 4.78 is 1.68. The van der Waals surface area contributed by atoms with Gasteiger partial charge in [-0.15, -0.1) is 0 Å². The Hall–Kier alpha value is -2.28. The molecule has 0 saturated carbocycles. The lowest BCUT2D eigenvalue weighted by Gasteiger charge is -2.33. The third kappa shape index (κ3) is 3.62. The minimum absolute atomic E-state index is 0.379. The van der Waals surface area contributed by atoms with Crippen LogP contribution in [0.4, 0.5) is 0 Å². The summed E-state index contributed by atoms with van der Waals surface area (Å²) >= 11 is 1.71. The normalized spacial score (nSPS) is 16.5. The lowest BCUT2D eigenvalue weighted by Crippen LogP contribution is -2.56. The molecule has 1 fully saturated rings. The van der Waals surface area contributed by atoms with Gasteiger partial charge in [0.2, 0.25) is 0 Å². The van der Waals surface area contributed by atoms with Gasteiger partial charge in [0.05, 0.1) is 18.3 Å². The first-order valence-electron chi connectivity index (χ1n) is 7.79. The molecule has 1 amide bonds. The molecule has 0 unspecified atom stereocenters. The van der Waals surface area contributed by atoms with Gasteiger partial charge in [-0.1, -0.05) is 30.3 Å². The van der Waals surface area contributed by atoms with E-state index in [1.54, 1.807) is 22.6 Å². The van der Waals surface area contributed by atoms with Crippen LogP contribution in [0.1, 0.15) is 28.8 Å². The zero-order valence-corrected chi connectivity index (χ0v) is 14.0. The summed E-state index contributed by atoms with van der Waals surface area (Å²) in [5.41, 5.74) is 0.299. The van der Waals surface area contributed by atoms with Gasteiger partial charge >= 0.3 is 5.97 Å². The van der Waals surface area contributed by atoms with Gasteiger partial charge in [0.1, 0.15) is 5.54 Å². The first kappa shape index (κ1) is 16.6. The smallest absolute Gasteiger partial charge is 0.329 e. The van der Waals surface area contributed by atoms with Crippen molar-refractivity contribution in [1.29, 1.82) is 0 Å². The van der Waals surface area contributed by atoms with Gasteiger partial charge < -0.3 is 10.4 Å². The molecule has 126 valence electrons. The van der Waals surface area contributed by atoms with Gasteiger partial charge in [0.25, 0.3) is 5.91 Å². The Kier molecular flexibility index (Phi) is 4.89. The van der Waals surface area contributed by atoms with Crippen LogP contribution < -0.4 is 5.32 Å². The standard InChI is InChI=1S/C17H19N3O3S/c21-15(19-17(16(22)23)6-8-24-9-7-17)14-10-18-20(12-14)11-13-4-2-1-3-5-13/h1-5,10,12H,6-9,11H2,(H,19,21)(H,22,23). The molecule has 0 spiro atoms. The van der Waals surface area contributed by atoms with Crippen molar-refractivity contribution in [3.8, 4) is 0 Å². The number of carboxylic acid groups (broad SMARTS) is 1. The highest BCUT2D eigenvalue weighted by atomic mass is 32.2. The summed E-state index contributed by atoms with van der Waals surface area (Å²) in [6.45, 7) is 0.564. The van der Waals surface area contributed by atoms with Gasteiger partial charge in [0.15, 0.2) is 0 Å². The molecule has 7 heteroatoms. The third-order valence-electron chi connectivity index (χ3n) is 4.19. The van der Waals surface area contributed by atoms with Crippen molar-refractivity contribution in [3.05, 3.63) is 53.9 Å². The summed E-state index contributed by atoms with van der Waals surface area (Å²) in [6, 6.07) is 9.81. The van der Waals surface area contributed by atoms with E-state index in [1.807, 2.05) is 30.3 Å². The van der Waals surface area contributed by atoms with Gasteiger partial charge in [-0.05, 0) is 29.9 Å². The SMILES string of the molecule is O=C(NC1(C(=O)O)CCSCC1)c1cnn(Cc2ccccc2)c1. The number of amides is 1. The van der Waals surface area contributed by atoms with Crippen molar-refractivity contribution in [2.75, 3.05) is 11.5 Å². The molecule has 1 aliphatic heterocycles. The highest BCUT2D eigenvalue weighted by molar-refractivity contribution is 7.99. The Labute approximate surface area is 144 Å². The zero-order chi connectivity index (χ0) is 17.0. The number of carbonyl (C=O) groups excluding carboxylic acids is 1. The van der Waals surface area contributed by atoms with E-state index in [0.717, 1.165) is 17.1 Å².